The molecule has 1 aliphatic heterocycles. The predicted molar refractivity (Wildman–Crippen MR) is 116 cm³/mol. The Kier molecular flexibility index (Phi) is 6.99. The Morgan fingerprint density at radius 3 is 2.81 bits per heavy atom. The van der Waals surface area contributed by atoms with Gasteiger partial charge >= 0.3 is 6.09 Å². The summed E-state index contributed by atoms with van der Waals surface area (Å²) >= 11 is 1.30. The fraction of sp³-hybridized carbons (Fsp3) is 0.524. The van der Waals surface area contributed by atoms with Gasteiger partial charge in [-0.25, -0.2) is 9.78 Å². The molecule has 1 atom stereocenters. The number of nitrogens with one attached hydrogen (secondary N) is 2. The van der Waals surface area contributed by atoms with Gasteiger partial charge in [0.05, 0.1) is 12.5 Å². The van der Waals surface area contributed by atoms with Crippen LogP contribution in [0.3, 0.4) is 0 Å². The van der Waals surface area contributed by atoms with Crippen molar-refractivity contribution in [3.63, 3.8) is 0 Å². The van der Waals surface area contributed by atoms with E-state index in [-0.39, 0.29) is 17.7 Å². The van der Waals surface area contributed by atoms with Gasteiger partial charge in [0, 0.05) is 25.4 Å². The van der Waals surface area contributed by atoms with Crippen LogP contribution < -0.4 is 10.6 Å². The van der Waals surface area contributed by atoms with Gasteiger partial charge in [0.2, 0.25) is 11.8 Å². The van der Waals surface area contributed by atoms with Crippen LogP contribution >= 0.6 is 11.3 Å². The molecule has 1 saturated heterocycles. The number of aromatic nitrogens is 1. The fourth-order valence-electron chi connectivity index (χ4n) is 3.16. The number of nitrogens with zero attached hydrogens (tertiary/aromatic N) is 2. The summed E-state index contributed by atoms with van der Waals surface area (Å²) in [4.78, 5) is 42.1. The molecule has 0 spiro atoms. The first-order valence-electron chi connectivity index (χ1n) is 10.2. The molecule has 2 N–H and O–H groups in total. The van der Waals surface area contributed by atoms with Gasteiger partial charge in [0.25, 0.3) is 0 Å². The average Bonchev–Trinajstić information content (AvgIpc) is 3.34. The summed E-state index contributed by atoms with van der Waals surface area (Å²) in [6.07, 6.45) is 1.05. The SMILES string of the molecule is CC(=O)NCc1ccc(-c2csc(NC(=O)C3CCCN(C(=O)OC(C)(C)C)C3)n2)o1. The van der Waals surface area contributed by atoms with Gasteiger partial charge in [-0.2, -0.15) is 0 Å². The second-order valence-electron chi connectivity index (χ2n) is 8.47. The maximum atomic E-state index is 12.7. The molecular formula is C21H28N4O5S. The highest BCUT2D eigenvalue weighted by molar-refractivity contribution is 7.14. The Hall–Kier alpha value is -2.88. The summed E-state index contributed by atoms with van der Waals surface area (Å²) < 4.78 is 11.1. The van der Waals surface area contributed by atoms with E-state index >= 15 is 0 Å². The molecule has 3 amide bonds. The molecular weight excluding hydrogens is 420 g/mol. The molecule has 0 saturated carbocycles. The first kappa shape index (κ1) is 22.8. The van der Waals surface area contributed by atoms with Crippen molar-refractivity contribution in [2.24, 2.45) is 5.92 Å². The highest BCUT2D eigenvalue weighted by atomic mass is 32.1. The van der Waals surface area contributed by atoms with E-state index in [4.69, 9.17) is 9.15 Å². The maximum Gasteiger partial charge on any atom is 0.410 e. The number of carbonyl (C=O) groups is 3. The Labute approximate surface area is 185 Å². The van der Waals surface area contributed by atoms with Gasteiger partial charge in [0.15, 0.2) is 10.9 Å². The number of furan rings is 1. The van der Waals surface area contributed by atoms with Crippen LogP contribution in [0, 0.1) is 5.92 Å². The van der Waals surface area contributed by atoms with Crippen molar-refractivity contribution >= 4 is 34.4 Å². The third-order valence-electron chi connectivity index (χ3n) is 4.60. The van der Waals surface area contributed by atoms with Gasteiger partial charge in [-0.3, -0.25) is 9.59 Å². The van der Waals surface area contributed by atoms with Crippen LogP contribution in [-0.4, -0.2) is 46.5 Å². The molecule has 2 aromatic heterocycles. The van der Waals surface area contributed by atoms with Gasteiger partial charge < -0.3 is 24.7 Å². The minimum Gasteiger partial charge on any atom is -0.458 e. The third kappa shape index (κ3) is 6.55. The number of ether oxygens (including phenoxy) is 1. The molecule has 1 fully saturated rings. The molecule has 0 radical (unpaired) electrons. The van der Waals surface area contributed by atoms with Crippen molar-refractivity contribution in [1.29, 1.82) is 0 Å². The lowest BCUT2D eigenvalue weighted by Gasteiger charge is -2.33. The zero-order valence-corrected chi connectivity index (χ0v) is 19.0. The lowest BCUT2D eigenvalue weighted by molar-refractivity contribution is -0.121. The van der Waals surface area contributed by atoms with Crippen LogP contribution in [0.4, 0.5) is 9.93 Å². The standard InChI is InChI=1S/C21H28N4O5S/c1-13(26)22-10-15-7-8-17(29-15)16-12-31-19(23-16)24-18(27)14-6-5-9-25(11-14)20(28)30-21(2,3)4/h7-8,12,14H,5-6,9-11H2,1-4H3,(H,22,26)(H,23,24,27). The molecule has 9 nitrogen and oxygen atoms in total. The largest absolute Gasteiger partial charge is 0.458 e. The van der Waals surface area contributed by atoms with Crippen molar-refractivity contribution in [3.05, 3.63) is 23.3 Å². The highest BCUT2D eigenvalue weighted by Crippen LogP contribution is 2.28. The monoisotopic (exact) mass is 448 g/mol. The summed E-state index contributed by atoms with van der Waals surface area (Å²) in [5.74, 6) is 0.560. The lowest BCUT2D eigenvalue weighted by atomic mass is 9.97. The molecule has 2 aromatic rings. The van der Waals surface area contributed by atoms with E-state index in [0.29, 0.717) is 48.4 Å². The molecule has 1 unspecified atom stereocenters. The number of carbonyl (C=O) groups excluding carboxylic acids is 3. The topological polar surface area (TPSA) is 114 Å². The number of thiazole rings is 1. The van der Waals surface area contributed by atoms with Gasteiger partial charge in [0.1, 0.15) is 17.1 Å². The number of likely N-dealkylation sites (tertiary alicyclic amines) is 1. The summed E-state index contributed by atoms with van der Waals surface area (Å²) in [5.41, 5.74) is 0.0330. The van der Waals surface area contributed by atoms with E-state index in [1.807, 2.05) is 20.8 Å². The summed E-state index contributed by atoms with van der Waals surface area (Å²) in [6, 6.07) is 3.55. The van der Waals surface area contributed by atoms with Crippen molar-refractivity contribution in [1.82, 2.24) is 15.2 Å². The zero-order valence-electron chi connectivity index (χ0n) is 18.2. The van der Waals surface area contributed by atoms with E-state index in [1.54, 1.807) is 22.4 Å². The van der Waals surface area contributed by atoms with Crippen molar-refractivity contribution in [2.75, 3.05) is 18.4 Å². The highest BCUT2D eigenvalue weighted by Gasteiger charge is 2.31. The number of hydrogen-bond acceptors (Lipinski definition) is 7. The van der Waals surface area contributed by atoms with E-state index in [1.165, 1.54) is 18.3 Å². The summed E-state index contributed by atoms with van der Waals surface area (Å²) in [7, 11) is 0. The smallest absolute Gasteiger partial charge is 0.410 e. The Morgan fingerprint density at radius 1 is 1.32 bits per heavy atom. The number of hydrogen-bond donors (Lipinski definition) is 2. The average molecular weight is 449 g/mol. The van der Waals surface area contributed by atoms with E-state index in [0.717, 1.165) is 6.42 Å². The molecule has 3 rings (SSSR count). The van der Waals surface area contributed by atoms with Crippen molar-refractivity contribution in [2.45, 2.75) is 52.7 Å². The minimum atomic E-state index is -0.572. The van der Waals surface area contributed by atoms with E-state index in [9.17, 15) is 14.4 Å². The lowest BCUT2D eigenvalue weighted by Crippen LogP contribution is -2.45. The molecule has 3 heterocycles. The van der Waals surface area contributed by atoms with E-state index < -0.39 is 11.7 Å². The maximum absolute atomic E-state index is 12.7. The van der Waals surface area contributed by atoms with Gasteiger partial charge in [-0.1, -0.05) is 0 Å². The predicted octanol–water partition coefficient (Wildman–Crippen LogP) is 3.62. The van der Waals surface area contributed by atoms with Crippen LogP contribution in [0.1, 0.15) is 46.3 Å². The number of rotatable bonds is 5. The molecule has 168 valence electrons. The second-order valence-corrected chi connectivity index (χ2v) is 9.33. The summed E-state index contributed by atoms with van der Waals surface area (Å²) in [6.45, 7) is 8.11. The summed E-state index contributed by atoms with van der Waals surface area (Å²) in [5, 5.41) is 7.78. The zero-order chi connectivity index (χ0) is 22.6. The van der Waals surface area contributed by atoms with Crippen molar-refractivity contribution < 1.29 is 23.5 Å². The van der Waals surface area contributed by atoms with Gasteiger partial charge in [-0.05, 0) is 45.7 Å². The molecule has 0 bridgehead atoms. The molecule has 1 aliphatic rings. The second kappa shape index (κ2) is 9.51. The Bertz CT molecular complexity index is 946. The van der Waals surface area contributed by atoms with Crippen LogP contribution in [0.25, 0.3) is 11.5 Å². The van der Waals surface area contributed by atoms with Crippen LogP contribution in [0.5, 0.6) is 0 Å². The molecule has 0 aliphatic carbocycles. The van der Waals surface area contributed by atoms with Gasteiger partial charge in [-0.15, -0.1) is 11.3 Å². The number of piperidine rings is 1. The van der Waals surface area contributed by atoms with Crippen LogP contribution in [-0.2, 0) is 20.9 Å². The minimum absolute atomic E-state index is 0.135. The third-order valence-corrected chi connectivity index (χ3v) is 5.36. The Balaban J connectivity index is 1.57. The number of anilines is 1. The molecule has 10 heteroatoms. The van der Waals surface area contributed by atoms with Crippen molar-refractivity contribution in [3.8, 4) is 11.5 Å². The molecule has 0 aromatic carbocycles. The Morgan fingerprint density at radius 2 is 2.10 bits per heavy atom. The first-order chi connectivity index (χ1) is 14.6. The fourth-order valence-corrected chi connectivity index (χ4v) is 3.86. The normalized spacial score (nSPS) is 16.6. The first-order valence-corrected chi connectivity index (χ1v) is 11.1. The quantitative estimate of drug-likeness (QED) is 0.722. The van der Waals surface area contributed by atoms with E-state index in [2.05, 4.69) is 15.6 Å². The van der Waals surface area contributed by atoms with Crippen LogP contribution in [0.15, 0.2) is 21.9 Å². The van der Waals surface area contributed by atoms with Crippen LogP contribution in [0.2, 0.25) is 0 Å². The molecule has 31 heavy (non-hydrogen) atoms. The number of amides is 3.